The molecule has 0 spiro atoms. The van der Waals surface area contributed by atoms with Crippen molar-refractivity contribution in [2.24, 2.45) is 0 Å². The molecule has 0 aliphatic carbocycles. The highest BCUT2D eigenvalue weighted by Gasteiger charge is 2.18. The Labute approximate surface area is 221 Å². The van der Waals surface area contributed by atoms with E-state index in [0.717, 1.165) is 54.6 Å². The first-order valence-electron chi connectivity index (χ1n) is 13.2. The summed E-state index contributed by atoms with van der Waals surface area (Å²) in [6, 6.07) is 40.1. The summed E-state index contributed by atoms with van der Waals surface area (Å²) in [6.07, 6.45) is 0. The van der Waals surface area contributed by atoms with E-state index in [0.29, 0.717) is 5.39 Å². The minimum Gasteiger partial charge on any atom is -0.354 e. The average molecular weight is 500 g/mol. The maximum absolute atomic E-state index is 13.3. The van der Waals surface area contributed by atoms with Crippen molar-refractivity contribution in [3.8, 4) is 5.69 Å². The highest BCUT2D eigenvalue weighted by Crippen LogP contribution is 2.41. The Hall–Kier alpha value is -5.35. The van der Waals surface area contributed by atoms with Crippen LogP contribution in [-0.2, 0) is 0 Å². The van der Waals surface area contributed by atoms with E-state index >= 15 is 0 Å². The van der Waals surface area contributed by atoms with E-state index in [1.165, 1.54) is 21.8 Å². The van der Waals surface area contributed by atoms with Gasteiger partial charge in [-0.25, -0.2) is 0 Å². The predicted molar refractivity (Wildman–Crippen MR) is 163 cm³/mol. The third-order valence-corrected chi connectivity index (χ3v) is 8.27. The van der Waals surface area contributed by atoms with Crippen molar-refractivity contribution in [1.29, 1.82) is 0 Å². The quantitative estimate of drug-likeness (QED) is 0.218. The van der Waals surface area contributed by atoms with E-state index in [4.69, 9.17) is 0 Å². The predicted octanol–water partition coefficient (Wildman–Crippen LogP) is 8.57. The Morgan fingerprint density at radius 3 is 1.72 bits per heavy atom. The van der Waals surface area contributed by atoms with Crippen LogP contribution in [0.3, 0.4) is 0 Å². The van der Waals surface area contributed by atoms with E-state index in [1.54, 1.807) is 0 Å². The third-order valence-electron chi connectivity index (χ3n) is 8.27. The standard InChI is InChI=1S/C35H21N3O/c39-35-26-14-4-2-12-24(26)31-23-11-1-3-13-25(23)33-32(34(31)37-35)27-19-20(17-18-28(27)36-33)38-29-15-7-5-9-21(29)22-10-6-8-16-30(22)38/h1-19,36H,(H,37,39). The lowest BCUT2D eigenvalue weighted by Gasteiger charge is -2.11. The van der Waals surface area contributed by atoms with Gasteiger partial charge in [-0.15, -0.1) is 0 Å². The molecule has 0 atom stereocenters. The van der Waals surface area contributed by atoms with Gasteiger partial charge in [-0.2, -0.15) is 0 Å². The van der Waals surface area contributed by atoms with Gasteiger partial charge >= 0.3 is 0 Å². The van der Waals surface area contributed by atoms with Gasteiger partial charge in [0.25, 0.3) is 5.56 Å². The topological polar surface area (TPSA) is 53.6 Å². The van der Waals surface area contributed by atoms with E-state index < -0.39 is 0 Å². The molecule has 6 aromatic carbocycles. The zero-order valence-electron chi connectivity index (χ0n) is 20.8. The van der Waals surface area contributed by atoms with E-state index in [2.05, 4.69) is 112 Å². The lowest BCUT2D eigenvalue weighted by atomic mass is 9.96. The molecule has 3 aromatic heterocycles. The monoisotopic (exact) mass is 499 g/mol. The van der Waals surface area contributed by atoms with Crippen LogP contribution in [0, 0.1) is 0 Å². The van der Waals surface area contributed by atoms with Gasteiger partial charge in [0.1, 0.15) is 0 Å². The summed E-state index contributed by atoms with van der Waals surface area (Å²) in [5.41, 5.74) is 6.32. The second-order valence-corrected chi connectivity index (χ2v) is 10.3. The minimum atomic E-state index is -0.0671. The summed E-state index contributed by atoms with van der Waals surface area (Å²) in [5.74, 6) is 0. The van der Waals surface area contributed by atoms with Crippen molar-refractivity contribution in [3.05, 3.63) is 126 Å². The number of fused-ring (bicyclic) bond motifs is 13. The Morgan fingerprint density at radius 1 is 0.462 bits per heavy atom. The summed E-state index contributed by atoms with van der Waals surface area (Å²) in [5, 5.41) is 9.64. The van der Waals surface area contributed by atoms with Gasteiger partial charge in [0, 0.05) is 48.9 Å². The van der Waals surface area contributed by atoms with Crippen LogP contribution in [0.2, 0.25) is 0 Å². The Kier molecular flexibility index (Phi) is 3.90. The molecule has 0 fully saturated rings. The van der Waals surface area contributed by atoms with Crippen molar-refractivity contribution in [3.63, 3.8) is 0 Å². The minimum absolute atomic E-state index is 0.0671. The van der Waals surface area contributed by atoms with Gasteiger partial charge in [-0.05, 0) is 47.2 Å². The number of benzene rings is 6. The summed E-state index contributed by atoms with van der Waals surface area (Å²) in [4.78, 5) is 20.3. The zero-order valence-corrected chi connectivity index (χ0v) is 20.8. The lowest BCUT2D eigenvalue weighted by molar-refractivity contribution is 1.19. The third kappa shape index (κ3) is 2.65. The van der Waals surface area contributed by atoms with Crippen molar-refractivity contribution in [1.82, 2.24) is 14.5 Å². The molecule has 0 aliphatic rings. The number of H-pyrrole nitrogens is 2. The van der Waals surface area contributed by atoms with Crippen LogP contribution < -0.4 is 5.56 Å². The van der Waals surface area contributed by atoms with Crippen LogP contribution in [-0.4, -0.2) is 14.5 Å². The van der Waals surface area contributed by atoms with Crippen LogP contribution in [0.5, 0.6) is 0 Å². The molecular weight excluding hydrogens is 478 g/mol. The molecule has 182 valence electrons. The molecule has 3 heterocycles. The number of nitrogens with one attached hydrogen (secondary N) is 2. The number of hydrogen-bond acceptors (Lipinski definition) is 1. The molecule has 0 radical (unpaired) electrons. The molecule has 39 heavy (non-hydrogen) atoms. The summed E-state index contributed by atoms with van der Waals surface area (Å²) >= 11 is 0. The SMILES string of the molecule is O=c1[nH]c2c(c3ccccc13)c1ccccc1c1[nH]c3ccc(-n4c5ccccc5c5ccccc54)cc3c12. The van der Waals surface area contributed by atoms with Gasteiger partial charge in [-0.1, -0.05) is 78.9 Å². The number of aromatic nitrogens is 3. The molecule has 0 bridgehead atoms. The molecule has 9 rings (SSSR count). The number of rotatable bonds is 1. The van der Waals surface area contributed by atoms with Crippen molar-refractivity contribution in [2.75, 3.05) is 0 Å². The van der Waals surface area contributed by atoms with Crippen LogP contribution in [0.15, 0.2) is 120 Å². The first-order chi connectivity index (χ1) is 19.3. The van der Waals surface area contributed by atoms with Crippen LogP contribution in [0.4, 0.5) is 0 Å². The van der Waals surface area contributed by atoms with Crippen LogP contribution in [0.1, 0.15) is 0 Å². The first kappa shape index (κ1) is 20.7. The maximum atomic E-state index is 13.3. The molecule has 4 heteroatoms. The van der Waals surface area contributed by atoms with Crippen molar-refractivity contribution < 1.29 is 0 Å². The van der Waals surface area contributed by atoms with E-state index in [-0.39, 0.29) is 5.56 Å². The second kappa shape index (κ2) is 7.36. The number of hydrogen-bond donors (Lipinski definition) is 2. The molecular formula is C35H21N3O. The summed E-state index contributed by atoms with van der Waals surface area (Å²) in [6.45, 7) is 0. The highest BCUT2D eigenvalue weighted by atomic mass is 16.1. The van der Waals surface area contributed by atoms with Crippen molar-refractivity contribution >= 4 is 76.1 Å². The number of para-hydroxylation sites is 2. The number of aromatic amines is 2. The highest BCUT2D eigenvalue weighted by molar-refractivity contribution is 6.34. The Balaban J connectivity index is 1.50. The number of nitrogens with zero attached hydrogens (tertiary/aromatic N) is 1. The van der Waals surface area contributed by atoms with Gasteiger partial charge in [0.05, 0.1) is 22.1 Å². The summed E-state index contributed by atoms with van der Waals surface area (Å²) < 4.78 is 2.34. The largest absolute Gasteiger partial charge is 0.354 e. The molecule has 9 aromatic rings. The fourth-order valence-electron chi connectivity index (χ4n) is 6.64. The maximum Gasteiger partial charge on any atom is 0.256 e. The van der Waals surface area contributed by atoms with Crippen LogP contribution in [0.25, 0.3) is 81.7 Å². The summed E-state index contributed by atoms with van der Waals surface area (Å²) in [7, 11) is 0. The van der Waals surface area contributed by atoms with Crippen molar-refractivity contribution in [2.45, 2.75) is 0 Å². The Morgan fingerprint density at radius 2 is 1.03 bits per heavy atom. The zero-order chi connectivity index (χ0) is 25.7. The average Bonchev–Trinajstić information content (AvgIpc) is 3.53. The second-order valence-electron chi connectivity index (χ2n) is 10.3. The fraction of sp³-hybridized carbons (Fsp3) is 0. The molecule has 0 unspecified atom stereocenters. The first-order valence-corrected chi connectivity index (χ1v) is 13.2. The molecule has 0 aliphatic heterocycles. The van der Waals surface area contributed by atoms with Gasteiger partial charge in [0.15, 0.2) is 0 Å². The normalized spacial score (nSPS) is 12.2. The Bertz CT molecular complexity index is 2470. The smallest absolute Gasteiger partial charge is 0.256 e. The molecule has 2 N–H and O–H groups in total. The number of pyridine rings is 1. The van der Waals surface area contributed by atoms with Gasteiger partial charge < -0.3 is 14.5 Å². The van der Waals surface area contributed by atoms with E-state index in [9.17, 15) is 4.79 Å². The molecule has 4 nitrogen and oxygen atoms in total. The lowest BCUT2D eigenvalue weighted by Crippen LogP contribution is -2.06. The molecule has 0 saturated heterocycles. The molecule has 0 amide bonds. The van der Waals surface area contributed by atoms with Crippen LogP contribution >= 0.6 is 0 Å². The molecule has 0 saturated carbocycles. The van der Waals surface area contributed by atoms with Gasteiger partial charge in [-0.3, -0.25) is 4.79 Å². The van der Waals surface area contributed by atoms with Gasteiger partial charge in [0.2, 0.25) is 0 Å². The fourth-order valence-corrected chi connectivity index (χ4v) is 6.64. The van der Waals surface area contributed by atoms with E-state index in [1.807, 2.05) is 18.2 Å².